The van der Waals surface area contributed by atoms with E-state index in [4.69, 9.17) is 4.99 Å². The fourth-order valence-corrected chi connectivity index (χ4v) is 5.24. The number of rotatable bonds is 14. The Hall–Kier alpha value is -4.03. The summed E-state index contributed by atoms with van der Waals surface area (Å²) in [5, 5.41) is 13.2. The third-order valence-electron chi connectivity index (χ3n) is 7.34. The number of amides is 1. The molecule has 0 bridgehead atoms. The first-order valence-electron chi connectivity index (χ1n) is 14.2. The van der Waals surface area contributed by atoms with Crippen molar-refractivity contribution in [2.24, 2.45) is 4.99 Å². The van der Waals surface area contributed by atoms with Crippen molar-refractivity contribution >= 4 is 23.3 Å². The Morgan fingerprint density at radius 1 is 0.975 bits per heavy atom. The van der Waals surface area contributed by atoms with Crippen LogP contribution in [0.4, 0.5) is 5.69 Å². The summed E-state index contributed by atoms with van der Waals surface area (Å²) in [6.45, 7) is 5.36. The van der Waals surface area contributed by atoms with Crippen LogP contribution in [0.1, 0.15) is 61.6 Å². The highest BCUT2D eigenvalue weighted by molar-refractivity contribution is 6.17. The van der Waals surface area contributed by atoms with Crippen molar-refractivity contribution in [1.82, 2.24) is 4.90 Å². The number of hydrogen-bond donors (Lipinski definition) is 2. The van der Waals surface area contributed by atoms with Gasteiger partial charge in [0.15, 0.2) is 0 Å². The van der Waals surface area contributed by atoms with Crippen LogP contribution in [0.3, 0.4) is 0 Å². The molecular weight excluding hydrogens is 498 g/mol. The van der Waals surface area contributed by atoms with Crippen molar-refractivity contribution in [3.8, 4) is 0 Å². The maximum Gasteiger partial charge on any atom is 0.328 e. The third-order valence-corrected chi connectivity index (χ3v) is 7.34. The first-order valence-corrected chi connectivity index (χ1v) is 14.2. The summed E-state index contributed by atoms with van der Waals surface area (Å²) in [4.78, 5) is 32.9. The minimum absolute atomic E-state index is 0.0507. The number of anilines is 1. The van der Waals surface area contributed by atoms with E-state index in [2.05, 4.69) is 28.9 Å². The molecule has 1 heterocycles. The van der Waals surface area contributed by atoms with Gasteiger partial charge in [0.05, 0.1) is 17.4 Å². The number of unbranched alkanes of at least 4 members (excludes halogenated alkanes) is 3. The van der Waals surface area contributed by atoms with Crippen LogP contribution in [0.15, 0.2) is 103 Å². The van der Waals surface area contributed by atoms with E-state index in [0.717, 1.165) is 57.2 Å². The third kappa shape index (κ3) is 7.99. The zero-order valence-electron chi connectivity index (χ0n) is 23.0. The van der Waals surface area contributed by atoms with E-state index >= 15 is 0 Å². The van der Waals surface area contributed by atoms with Crippen LogP contribution in [-0.4, -0.2) is 46.2 Å². The zero-order valence-corrected chi connectivity index (χ0v) is 23.0. The number of nitrogens with one attached hydrogen (secondary N) is 1. The minimum Gasteiger partial charge on any atom is -0.480 e. The van der Waals surface area contributed by atoms with Gasteiger partial charge < -0.3 is 10.4 Å². The lowest BCUT2D eigenvalue weighted by Crippen LogP contribution is -2.39. The molecule has 6 nitrogen and oxygen atoms in total. The van der Waals surface area contributed by atoms with Crippen LogP contribution in [0.25, 0.3) is 0 Å². The van der Waals surface area contributed by atoms with E-state index in [1.54, 1.807) is 0 Å². The lowest BCUT2D eigenvalue weighted by molar-refractivity contribution is -0.138. The predicted molar refractivity (Wildman–Crippen MR) is 162 cm³/mol. The average Bonchev–Trinajstić information content (AvgIpc) is 3.44. The predicted octanol–water partition coefficient (Wildman–Crippen LogP) is 6.72. The Kier molecular flexibility index (Phi) is 10.8. The summed E-state index contributed by atoms with van der Waals surface area (Å²) < 4.78 is 0. The largest absolute Gasteiger partial charge is 0.480 e. The maximum absolute atomic E-state index is 13.6. The van der Waals surface area contributed by atoms with E-state index in [1.807, 2.05) is 78.9 Å². The molecule has 0 saturated carbocycles. The van der Waals surface area contributed by atoms with Gasteiger partial charge in [0.25, 0.3) is 0 Å². The van der Waals surface area contributed by atoms with E-state index in [0.29, 0.717) is 23.4 Å². The molecule has 0 aliphatic carbocycles. The fourth-order valence-electron chi connectivity index (χ4n) is 5.24. The molecule has 0 aromatic heterocycles. The molecule has 40 heavy (non-hydrogen) atoms. The van der Waals surface area contributed by atoms with Gasteiger partial charge in [-0.3, -0.25) is 14.7 Å². The van der Waals surface area contributed by atoms with Gasteiger partial charge in [0.1, 0.15) is 6.04 Å². The number of likely N-dealkylation sites (tertiary alicyclic amines) is 1. The Balaban J connectivity index is 1.59. The minimum atomic E-state index is -0.943. The first kappa shape index (κ1) is 29.0. The molecule has 1 aliphatic rings. The van der Waals surface area contributed by atoms with Gasteiger partial charge in [-0.2, -0.15) is 0 Å². The fraction of sp³-hybridized carbons (Fsp3) is 0.324. The smallest absolute Gasteiger partial charge is 0.328 e. The number of carbonyl (C=O) groups is 2. The quantitative estimate of drug-likeness (QED) is 0.136. The van der Waals surface area contributed by atoms with Gasteiger partial charge in [0.2, 0.25) is 5.91 Å². The number of carbonyl (C=O) groups excluding carboxylic acids is 1. The molecule has 0 radical (unpaired) electrons. The van der Waals surface area contributed by atoms with Crippen molar-refractivity contribution in [1.29, 1.82) is 0 Å². The van der Waals surface area contributed by atoms with Crippen molar-refractivity contribution < 1.29 is 14.7 Å². The molecule has 3 aromatic rings. The molecule has 6 heteroatoms. The van der Waals surface area contributed by atoms with Gasteiger partial charge >= 0.3 is 5.97 Å². The van der Waals surface area contributed by atoms with Crippen LogP contribution in [0.5, 0.6) is 0 Å². The van der Waals surface area contributed by atoms with Crippen molar-refractivity contribution in [2.45, 2.75) is 63.6 Å². The molecule has 2 atom stereocenters. The van der Waals surface area contributed by atoms with Crippen molar-refractivity contribution in [2.75, 3.05) is 11.9 Å². The topological polar surface area (TPSA) is 82.0 Å². The summed E-state index contributed by atoms with van der Waals surface area (Å²) in [6.07, 6.45) is 7.72. The van der Waals surface area contributed by atoms with Gasteiger partial charge in [0, 0.05) is 17.7 Å². The number of carboxylic acids is 1. The maximum atomic E-state index is 13.6. The summed E-state index contributed by atoms with van der Waals surface area (Å²) in [7, 11) is 0. The van der Waals surface area contributed by atoms with E-state index in [9.17, 15) is 14.7 Å². The summed E-state index contributed by atoms with van der Waals surface area (Å²) in [6, 6.07) is 26.3. The molecule has 4 rings (SSSR count). The Morgan fingerprint density at radius 2 is 1.68 bits per heavy atom. The highest BCUT2D eigenvalue weighted by atomic mass is 16.4. The van der Waals surface area contributed by atoms with Crippen molar-refractivity contribution in [3.05, 3.63) is 114 Å². The highest BCUT2D eigenvalue weighted by Crippen LogP contribution is 2.25. The Bertz CT molecular complexity index is 1290. The molecule has 1 amide bonds. The number of para-hydroxylation sites is 1. The molecule has 1 aliphatic heterocycles. The summed E-state index contributed by atoms with van der Waals surface area (Å²) in [5.74, 6) is -0.994. The van der Waals surface area contributed by atoms with E-state index in [1.165, 1.54) is 5.56 Å². The normalized spacial score (nSPS) is 16.4. The van der Waals surface area contributed by atoms with Gasteiger partial charge in [-0.25, -0.2) is 4.79 Å². The van der Waals surface area contributed by atoms with Crippen LogP contribution < -0.4 is 5.32 Å². The first-order chi connectivity index (χ1) is 19.6. The van der Waals surface area contributed by atoms with Gasteiger partial charge in [-0.1, -0.05) is 97.8 Å². The second-order valence-corrected chi connectivity index (χ2v) is 10.3. The molecule has 1 fully saturated rings. The SMILES string of the molecule is C=CCCCCC[C@H](N=C(c1ccccc1)c1ccccc1NC(=O)[C@@H]1CCCN1Cc1ccccc1)C(=O)O. The number of carboxylic acid groups (broad SMARTS) is 1. The van der Waals surface area contributed by atoms with Crippen LogP contribution in [-0.2, 0) is 16.1 Å². The Morgan fingerprint density at radius 3 is 2.40 bits per heavy atom. The van der Waals surface area contributed by atoms with Gasteiger partial charge in [-0.15, -0.1) is 6.58 Å². The van der Waals surface area contributed by atoms with E-state index < -0.39 is 12.0 Å². The monoisotopic (exact) mass is 537 g/mol. The molecular formula is C34H39N3O3. The number of aliphatic carboxylic acids is 1. The zero-order chi connectivity index (χ0) is 28.2. The number of hydrogen-bond acceptors (Lipinski definition) is 4. The lowest BCUT2D eigenvalue weighted by Gasteiger charge is -2.24. The standard InChI is InChI=1S/C34H39N3O3/c1-2-3-4-5-12-22-30(34(39)40)35-32(27-18-10-7-11-19-27)28-20-13-14-21-29(28)36-33(38)31-23-15-24-37(31)25-26-16-8-6-9-17-26/h2,6-11,13-14,16-21,30-31H,1,3-5,12,15,22-25H2,(H,36,38)(H,39,40)/t30-,31-/m0/s1. The highest BCUT2D eigenvalue weighted by Gasteiger charge is 2.31. The molecule has 0 unspecified atom stereocenters. The van der Waals surface area contributed by atoms with E-state index in [-0.39, 0.29) is 11.9 Å². The van der Waals surface area contributed by atoms with Crippen LogP contribution in [0.2, 0.25) is 0 Å². The second kappa shape index (κ2) is 14.9. The lowest BCUT2D eigenvalue weighted by atomic mass is 9.99. The Labute approximate surface area is 237 Å². The molecule has 3 aromatic carbocycles. The van der Waals surface area contributed by atoms with Crippen LogP contribution in [0, 0.1) is 0 Å². The number of aliphatic imine (C=N–C) groups is 1. The summed E-state index contributed by atoms with van der Waals surface area (Å²) in [5.41, 5.74) is 3.92. The van der Waals surface area contributed by atoms with Crippen molar-refractivity contribution in [3.63, 3.8) is 0 Å². The molecule has 208 valence electrons. The van der Waals surface area contributed by atoms with Crippen LogP contribution >= 0.6 is 0 Å². The molecule has 1 saturated heterocycles. The average molecular weight is 538 g/mol. The molecule has 2 N–H and O–H groups in total. The summed E-state index contributed by atoms with van der Waals surface area (Å²) >= 11 is 0. The number of benzene rings is 3. The second-order valence-electron chi connectivity index (χ2n) is 10.3. The van der Waals surface area contributed by atoms with Gasteiger partial charge in [-0.05, 0) is 50.3 Å². The number of allylic oxidation sites excluding steroid dienone is 1. The number of nitrogens with zero attached hydrogens (tertiary/aromatic N) is 2. The molecule has 0 spiro atoms.